The number of benzene rings is 2. The predicted octanol–water partition coefficient (Wildman–Crippen LogP) is 1.45. The van der Waals surface area contributed by atoms with Gasteiger partial charge < -0.3 is 37.0 Å². The lowest BCUT2D eigenvalue weighted by molar-refractivity contribution is -0.142. The molecular formula is C29H40N4O7. The molecule has 11 heteroatoms. The van der Waals surface area contributed by atoms with Crippen LogP contribution < -0.4 is 21.7 Å². The normalized spacial score (nSPS) is 14.8. The number of nitrogens with one attached hydrogen (secondary N) is 3. The maximum atomic E-state index is 13.4. The van der Waals surface area contributed by atoms with Crippen molar-refractivity contribution in [1.82, 2.24) is 16.0 Å². The van der Waals surface area contributed by atoms with Gasteiger partial charge in [0.25, 0.3) is 0 Å². The summed E-state index contributed by atoms with van der Waals surface area (Å²) in [7, 11) is 0. The molecule has 2 aromatic carbocycles. The molecule has 5 atom stereocenters. The van der Waals surface area contributed by atoms with Crippen molar-refractivity contribution >= 4 is 23.7 Å². The monoisotopic (exact) mass is 556 g/mol. The largest absolute Gasteiger partial charge is 0.508 e. The zero-order valence-corrected chi connectivity index (χ0v) is 23.3. The van der Waals surface area contributed by atoms with Gasteiger partial charge in [0.05, 0.1) is 6.04 Å². The molecule has 2 aromatic rings. The molecule has 0 bridgehead atoms. The number of nitrogens with two attached hydrogens (primary N) is 1. The van der Waals surface area contributed by atoms with E-state index in [4.69, 9.17) is 5.73 Å². The molecule has 0 fully saturated rings. The summed E-state index contributed by atoms with van der Waals surface area (Å²) in [6, 6.07) is 7.66. The minimum absolute atomic E-state index is 0.00389. The number of phenols is 2. The maximum Gasteiger partial charge on any atom is 0.326 e. The molecule has 3 amide bonds. The van der Waals surface area contributed by atoms with Crippen LogP contribution in [0.1, 0.15) is 45.2 Å². The van der Waals surface area contributed by atoms with E-state index in [1.165, 1.54) is 24.3 Å². The highest BCUT2D eigenvalue weighted by atomic mass is 16.4. The van der Waals surface area contributed by atoms with Crippen molar-refractivity contribution in [2.45, 2.75) is 71.1 Å². The molecule has 0 aliphatic rings. The molecule has 0 aliphatic carbocycles. The summed E-state index contributed by atoms with van der Waals surface area (Å²) in [6.07, 6.45) is 0.494. The number of carboxylic acids is 1. The van der Waals surface area contributed by atoms with Crippen molar-refractivity contribution in [3.63, 3.8) is 0 Å². The van der Waals surface area contributed by atoms with Gasteiger partial charge in [-0.05, 0) is 47.2 Å². The number of aromatic hydroxyl groups is 2. The Hall–Kier alpha value is -4.12. The molecular weight excluding hydrogens is 516 g/mol. The number of hydrogen-bond acceptors (Lipinski definition) is 7. The number of amides is 3. The van der Waals surface area contributed by atoms with Gasteiger partial charge in [-0.15, -0.1) is 0 Å². The quantitative estimate of drug-likeness (QED) is 0.182. The molecule has 0 aromatic heterocycles. The Morgan fingerprint density at radius 2 is 1.18 bits per heavy atom. The van der Waals surface area contributed by atoms with Gasteiger partial charge in [0, 0.05) is 12.8 Å². The minimum Gasteiger partial charge on any atom is -0.508 e. The molecule has 2 rings (SSSR count). The average Bonchev–Trinajstić information content (AvgIpc) is 2.91. The van der Waals surface area contributed by atoms with Crippen LogP contribution in [0.2, 0.25) is 0 Å². The van der Waals surface area contributed by atoms with E-state index in [2.05, 4.69) is 16.0 Å². The Kier molecular flexibility index (Phi) is 11.9. The lowest BCUT2D eigenvalue weighted by atomic mass is 9.95. The molecule has 0 heterocycles. The van der Waals surface area contributed by atoms with Gasteiger partial charge in [-0.1, -0.05) is 58.4 Å². The maximum absolute atomic E-state index is 13.4. The Morgan fingerprint density at radius 3 is 1.60 bits per heavy atom. The standard InChI is InChI=1S/C29H40N4O7/c1-5-17(4)25(33-27(37)24(30)16(2)3)28(38)31-22(14-18-6-10-20(34)11-7-18)26(36)32-23(29(39)40)15-19-8-12-21(35)13-9-19/h6-13,16-17,22-25,34-35H,5,14-15,30H2,1-4H3,(H,31,38)(H,32,36)(H,33,37)(H,39,40). The Morgan fingerprint density at radius 1 is 0.725 bits per heavy atom. The van der Waals surface area contributed by atoms with Gasteiger partial charge in [0.2, 0.25) is 17.7 Å². The number of carbonyl (C=O) groups is 4. The fraction of sp³-hybridized carbons (Fsp3) is 0.448. The third kappa shape index (κ3) is 9.57. The molecule has 218 valence electrons. The van der Waals surface area contributed by atoms with Crippen LogP contribution in [0.15, 0.2) is 48.5 Å². The molecule has 0 aliphatic heterocycles. The summed E-state index contributed by atoms with van der Waals surface area (Å²) in [6.45, 7) is 7.23. The first-order chi connectivity index (χ1) is 18.8. The summed E-state index contributed by atoms with van der Waals surface area (Å²) < 4.78 is 0. The van der Waals surface area contributed by atoms with Gasteiger partial charge in [-0.25, -0.2) is 4.79 Å². The molecule has 0 saturated carbocycles. The van der Waals surface area contributed by atoms with Crippen LogP contribution in [0.3, 0.4) is 0 Å². The number of carbonyl (C=O) groups excluding carboxylic acids is 3. The topological polar surface area (TPSA) is 191 Å². The van der Waals surface area contributed by atoms with Crippen molar-refractivity contribution in [3.8, 4) is 11.5 Å². The highest BCUT2D eigenvalue weighted by Gasteiger charge is 2.33. The van der Waals surface area contributed by atoms with E-state index in [1.807, 2.05) is 6.92 Å². The van der Waals surface area contributed by atoms with Crippen molar-refractivity contribution in [2.75, 3.05) is 0 Å². The number of phenolic OH excluding ortho intramolecular Hbond substituents is 2. The fourth-order valence-electron chi connectivity index (χ4n) is 3.93. The van der Waals surface area contributed by atoms with Crippen LogP contribution in [0.4, 0.5) is 0 Å². The molecule has 0 saturated heterocycles. The van der Waals surface area contributed by atoms with Crippen LogP contribution in [0.25, 0.3) is 0 Å². The van der Waals surface area contributed by atoms with E-state index in [0.717, 1.165) is 0 Å². The third-order valence-corrected chi connectivity index (χ3v) is 6.81. The van der Waals surface area contributed by atoms with Gasteiger partial charge in [-0.2, -0.15) is 0 Å². The third-order valence-electron chi connectivity index (χ3n) is 6.81. The molecule has 5 unspecified atom stereocenters. The summed E-state index contributed by atoms with van der Waals surface area (Å²) in [5.41, 5.74) is 7.15. The van der Waals surface area contributed by atoms with Crippen molar-refractivity contribution in [1.29, 1.82) is 0 Å². The lowest BCUT2D eigenvalue weighted by Crippen LogP contribution is -2.59. The molecule has 40 heavy (non-hydrogen) atoms. The first kappa shape index (κ1) is 32.1. The van der Waals surface area contributed by atoms with Crippen molar-refractivity contribution in [2.24, 2.45) is 17.6 Å². The van der Waals surface area contributed by atoms with E-state index < -0.39 is 47.9 Å². The molecule has 0 radical (unpaired) electrons. The van der Waals surface area contributed by atoms with Crippen LogP contribution in [-0.4, -0.2) is 63.2 Å². The fourth-order valence-corrected chi connectivity index (χ4v) is 3.93. The van der Waals surface area contributed by atoms with Crippen molar-refractivity contribution in [3.05, 3.63) is 59.7 Å². The van der Waals surface area contributed by atoms with E-state index in [9.17, 15) is 34.5 Å². The second-order valence-corrected chi connectivity index (χ2v) is 10.3. The van der Waals surface area contributed by atoms with Gasteiger partial charge in [-0.3, -0.25) is 14.4 Å². The van der Waals surface area contributed by atoms with E-state index in [0.29, 0.717) is 17.5 Å². The summed E-state index contributed by atoms with van der Waals surface area (Å²) in [5.74, 6) is -3.51. The van der Waals surface area contributed by atoms with E-state index in [-0.39, 0.29) is 36.2 Å². The molecule has 11 nitrogen and oxygen atoms in total. The first-order valence-electron chi connectivity index (χ1n) is 13.3. The predicted molar refractivity (Wildman–Crippen MR) is 149 cm³/mol. The molecule has 8 N–H and O–H groups in total. The SMILES string of the molecule is CCC(C)C(NC(=O)C(N)C(C)C)C(=O)NC(Cc1ccc(O)cc1)C(=O)NC(Cc1ccc(O)cc1)C(=O)O. The van der Waals surface area contributed by atoms with Gasteiger partial charge >= 0.3 is 5.97 Å². The second kappa shape index (κ2) is 14.9. The van der Waals surface area contributed by atoms with Crippen LogP contribution in [-0.2, 0) is 32.0 Å². The zero-order valence-electron chi connectivity index (χ0n) is 23.3. The zero-order chi connectivity index (χ0) is 30.0. The van der Waals surface area contributed by atoms with E-state index in [1.54, 1.807) is 45.0 Å². The number of carboxylic acid groups (broad SMARTS) is 1. The van der Waals surface area contributed by atoms with Gasteiger partial charge in [0.15, 0.2) is 0 Å². The average molecular weight is 557 g/mol. The van der Waals surface area contributed by atoms with Crippen LogP contribution in [0, 0.1) is 11.8 Å². The summed E-state index contributed by atoms with van der Waals surface area (Å²) in [5, 5.41) is 36.8. The van der Waals surface area contributed by atoms with Crippen molar-refractivity contribution < 1.29 is 34.5 Å². The summed E-state index contributed by atoms with van der Waals surface area (Å²) >= 11 is 0. The van der Waals surface area contributed by atoms with Crippen LogP contribution >= 0.6 is 0 Å². The lowest BCUT2D eigenvalue weighted by Gasteiger charge is -2.28. The first-order valence-corrected chi connectivity index (χ1v) is 13.3. The highest BCUT2D eigenvalue weighted by Crippen LogP contribution is 2.15. The number of rotatable bonds is 14. The Bertz CT molecular complexity index is 1150. The summed E-state index contributed by atoms with van der Waals surface area (Å²) in [4.78, 5) is 51.5. The molecule has 0 spiro atoms. The number of hydrogen-bond donors (Lipinski definition) is 7. The van der Waals surface area contributed by atoms with Gasteiger partial charge in [0.1, 0.15) is 29.6 Å². The van der Waals surface area contributed by atoms with Crippen LogP contribution in [0.5, 0.6) is 11.5 Å². The Labute approximate surface area is 234 Å². The van der Waals surface area contributed by atoms with E-state index >= 15 is 0 Å². The number of aliphatic carboxylic acids is 1. The Balaban J connectivity index is 2.30. The minimum atomic E-state index is -1.31. The highest BCUT2D eigenvalue weighted by molar-refractivity contribution is 5.94. The second-order valence-electron chi connectivity index (χ2n) is 10.3. The smallest absolute Gasteiger partial charge is 0.326 e.